The molecule has 224 valence electrons. The lowest BCUT2D eigenvalue weighted by molar-refractivity contribution is -0.117. The third-order valence-electron chi connectivity index (χ3n) is 7.80. The van der Waals surface area contributed by atoms with Crippen LogP contribution in [0.1, 0.15) is 56.5 Å². The number of morpholine rings is 1. The molecule has 8 heteroatoms. The molecule has 2 heterocycles. The third-order valence-corrected chi connectivity index (χ3v) is 7.80. The minimum atomic E-state index is -0.0998. The van der Waals surface area contributed by atoms with Crippen LogP contribution >= 0.6 is 0 Å². The number of nitrogens with zero attached hydrogens (tertiary/aromatic N) is 3. The Kier molecular flexibility index (Phi) is 11.2. The summed E-state index contributed by atoms with van der Waals surface area (Å²) in [6.07, 6.45) is 1.44. The molecule has 2 aliphatic heterocycles. The van der Waals surface area contributed by atoms with E-state index >= 15 is 0 Å². The molecule has 2 aromatic rings. The van der Waals surface area contributed by atoms with Crippen LogP contribution in [0.3, 0.4) is 0 Å². The Morgan fingerprint density at radius 2 is 1.63 bits per heavy atom. The van der Waals surface area contributed by atoms with Crippen molar-refractivity contribution in [2.45, 2.75) is 47.1 Å². The van der Waals surface area contributed by atoms with Gasteiger partial charge in [-0.1, -0.05) is 58.0 Å². The van der Waals surface area contributed by atoms with Crippen LogP contribution in [-0.2, 0) is 16.1 Å². The second kappa shape index (κ2) is 14.8. The fourth-order valence-corrected chi connectivity index (χ4v) is 5.95. The highest BCUT2D eigenvalue weighted by Gasteiger charge is 2.23. The summed E-state index contributed by atoms with van der Waals surface area (Å²) >= 11 is 0. The topological polar surface area (TPSA) is 77.2 Å². The molecule has 0 aliphatic carbocycles. The minimum absolute atomic E-state index is 0.0114. The number of amides is 2. The van der Waals surface area contributed by atoms with Crippen LogP contribution in [0.2, 0.25) is 0 Å². The number of ether oxygens (including phenoxy) is 1. The molecule has 0 bridgehead atoms. The second-order valence-electron chi connectivity index (χ2n) is 12.8. The average molecular weight is 564 g/mol. The molecule has 4 rings (SSSR count). The van der Waals surface area contributed by atoms with E-state index in [2.05, 4.69) is 77.3 Å². The summed E-state index contributed by atoms with van der Waals surface area (Å²) in [6, 6.07) is 16.3. The van der Waals surface area contributed by atoms with Gasteiger partial charge < -0.3 is 20.3 Å². The number of rotatable bonds is 11. The second-order valence-corrected chi connectivity index (χ2v) is 12.8. The summed E-state index contributed by atoms with van der Waals surface area (Å²) in [6.45, 7) is 17.8. The SMILES string of the molecule is CC(CC(=O)Nc1ccc(N2CCN(Cc3ccccc3)CC2)c(C(=O)NCCN2CCOCC2)c1)CC(C)(C)C. The van der Waals surface area contributed by atoms with Crippen LogP contribution in [0.15, 0.2) is 48.5 Å². The van der Waals surface area contributed by atoms with Gasteiger partial charge in [-0.05, 0) is 41.5 Å². The van der Waals surface area contributed by atoms with E-state index in [9.17, 15) is 9.59 Å². The smallest absolute Gasteiger partial charge is 0.253 e. The van der Waals surface area contributed by atoms with Crippen molar-refractivity contribution in [1.82, 2.24) is 15.1 Å². The summed E-state index contributed by atoms with van der Waals surface area (Å²) in [5, 5.41) is 6.19. The number of hydrogen-bond donors (Lipinski definition) is 2. The average Bonchev–Trinajstić information content (AvgIpc) is 2.93. The van der Waals surface area contributed by atoms with Crippen LogP contribution < -0.4 is 15.5 Å². The van der Waals surface area contributed by atoms with Crippen molar-refractivity contribution >= 4 is 23.2 Å². The maximum atomic E-state index is 13.5. The van der Waals surface area contributed by atoms with Gasteiger partial charge in [0.15, 0.2) is 0 Å². The predicted octanol–water partition coefficient (Wildman–Crippen LogP) is 4.47. The van der Waals surface area contributed by atoms with Gasteiger partial charge >= 0.3 is 0 Å². The quantitative estimate of drug-likeness (QED) is 0.420. The Labute approximate surface area is 246 Å². The minimum Gasteiger partial charge on any atom is -0.379 e. The molecule has 2 N–H and O–H groups in total. The van der Waals surface area contributed by atoms with Crippen molar-refractivity contribution in [3.8, 4) is 0 Å². The Balaban J connectivity index is 1.42. The van der Waals surface area contributed by atoms with E-state index in [4.69, 9.17) is 4.74 Å². The summed E-state index contributed by atoms with van der Waals surface area (Å²) in [7, 11) is 0. The number of nitrogens with one attached hydrogen (secondary N) is 2. The molecule has 0 spiro atoms. The number of hydrogen-bond acceptors (Lipinski definition) is 6. The highest BCUT2D eigenvalue weighted by atomic mass is 16.5. The molecule has 1 unspecified atom stereocenters. The fourth-order valence-electron chi connectivity index (χ4n) is 5.95. The Morgan fingerprint density at radius 1 is 0.927 bits per heavy atom. The van der Waals surface area contributed by atoms with E-state index in [1.54, 1.807) is 0 Å². The zero-order valence-electron chi connectivity index (χ0n) is 25.5. The van der Waals surface area contributed by atoms with Crippen LogP contribution in [0.25, 0.3) is 0 Å². The predicted molar refractivity (Wildman–Crippen MR) is 166 cm³/mol. The van der Waals surface area contributed by atoms with Crippen molar-refractivity contribution < 1.29 is 14.3 Å². The highest BCUT2D eigenvalue weighted by Crippen LogP contribution is 2.28. The van der Waals surface area contributed by atoms with E-state index < -0.39 is 0 Å². The standard InChI is InChI=1S/C33H49N5O3/c1-26(24-33(2,3)4)22-31(39)35-28-10-11-30(29(23-28)32(40)34-12-13-36-18-20-41-21-19-36)38-16-14-37(15-17-38)25-27-8-6-5-7-9-27/h5-11,23,26H,12-22,24-25H2,1-4H3,(H,34,40)(H,35,39). The first-order chi connectivity index (χ1) is 19.7. The van der Waals surface area contributed by atoms with E-state index in [-0.39, 0.29) is 23.1 Å². The van der Waals surface area contributed by atoms with Crippen molar-refractivity contribution in [1.29, 1.82) is 0 Å². The van der Waals surface area contributed by atoms with Gasteiger partial charge in [-0.15, -0.1) is 0 Å². The summed E-state index contributed by atoms with van der Waals surface area (Å²) in [5.41, 5.74) is 3.70. The summed E-state index contributed by atoms with van der Waals surface area (Å²) < 4.78 is 5.44. The van der Waals surface area contributed by atoms with Crippen LogP contribution in [-0.4, -0.2) is 87.2 Å². The monoisotopic (exact) mass is 563 g/mol. The van der Waals surface area contributed by atoms with Gasteiger partial charge in [-0.2, -0.15) is 0 Å². The van der Waals surface area contributed by atoms with Gasteiger partial charge in [0, 0.05) is 76.7 Å². The molecule has 2 amide bonds. The number of carbonyl (C=O) groups is 2. The number of benzene rings is 2. The molecule has 0 radical (unpaired) electrons. The van der Waals surface area contributed by atoms with Crippen LogP contribution in [0.4, 0.5) is 11.4 Å². The van der Waals surface area contributed by atoms with E-state index in [0.717, 1.165) is 77.7 Å². The molecule has 0 saturated carbocycles. The van der Waals surface area contributed by atoms with Crippen molar-refractivity contribution in [2.24, 2.45) is 11.3 Å². The Morgan fingerprint density at radius 3 is 2.32 bits per heavy atom. The number of anilines is 2. The van der Waals surface area contributed by atoms with Crippen molar-refractivity contribution in [2.75, 3.05) is 75.8 Å². The molecular weight excluding hydrogens is 514 g/mol. The number of carbonyl (C=O) groups excluding carboxylic acids is 2. The van der Waals surface area contributed by atoms with Gasteiger partial charge in [0.2, 0.25) is 5.91 Å². The molecule has 0 aromatic heterocycles. The zero-order chi connectivity index (χ0) is 29.2. The van der Waals surface area contributed by atoms with Gasteiger partial charge in [-0.25, -0.2) is 0 Å². The first kappa shape index (κ1) is 31.0. The maximum Gasteiger partial charge on any atom is 0.253 e. The molecule has 2 aliphatic rings. The zero-order valence-corrected chi connectivity index (χ0v) is 25.5. The largest absolute Gasteiger partial charge is 0.379 e. The molecular formula is C33H49N5O3. The van der Waals surface area contributed by atoms with Gasteiger partial charge in [0.05, 0.1) is 18.8 Å². The van der Waals surface area contributed by atoms with E-state index in [0.29, 0.717) is 24.2 Å². The molecule has 2 fully saturated rings. The van der Waals surface area contributed by atoms with E-state index in [1.807, 2.05) is 24.3 Å². The van der Waals surface area contributed by atoms with Crippen molar-refractivity contribution in [3.05, 3.63) is 59.7 Å². The lowest BCUT2D eigenvalue weighted by Crippen LogP contribution is -2.46. The molecule has 41 heavy (non-hydrogen) atoms. The molecule has 1 atom stereocenters. The van der Waals surface area contributed by atoms with Crippen LogP contribution in [0.5, 0.6) is 0 Å². The highest BCUT2D eigenvalue weighted by molar-refractivity contribution is 6.02. The normalized spacial score (nSPS) is 17.7. The molecule has 8 nitrogen and oxygen atoms in total. The fraction of sp³-hybridized carbons (Fsp3) is 0.576. The number of piperazine rings is 1. The lowest BCUT2D eigenvalue weighted by Gasteiger charge is -2.37. The van der Waals surface area contributed by atoms with Gasteiger partial charge in [-0.3, -0.25) is 19.4 Å². The first-order valence-corrected chi connectivity index (χ1v) is 15.2. The lowest BCUT2D eigenvalue weighted by atomic mass is 9.84. The Hall–Kier alpha value is -2.94. The third kappa shape index (κ3) is 10.1. The maximum absolute atomic E-state index is 13.5. The van der Waals surface area contributed by atoms with Gasteiger partial charge in [0.1, 0.15) is 0 Å². The Bertz CT molecular complexity index is 1120. The van der Waals surface area contributed by atoms with E-state index in [1.165, 1.54) is 5.56 Å². The van der Waals surface area contributed by atoms with Crippen LogP contribution in [0, 0.1) is 11.3 Å². The first-order valence-electron chi connectivity index (χ1n) is 15.2. The summed E-state index contributed by atoms with van der Waals surface area (Å²) in [5.74, 6) is 0.171. The molecule has 2 aromatic carbocycles. The van der Waals surface area contributed by atoms with Crippen molar-refractivity contribution in [3.63, 3.8) is 0 Å². The van der Waals surface area contributed by atoms with Gasteiger partial charge in [0.25, 0.3) is 5.91 Å². The summed E-state index contributed by atoms with van der Waals surface area (Å²) in [4.78, 5) is 33.5. The molecule has 2 saturated heterocycles.